The van der Waals surface area contributed by atoms with Gasteiger partial charge >= 0.3 is 0 Å². The van der Waals surface area contributed by atoms with E-state index in [0.29, 0.717) is 19.4 Å². The zero-order chi connectivity index (χ0) is 14.9. The van der Waals surface area contributed by atoms with Crippen molar-refractivity contribution in [2.24, 2.45) is 5.92 Å². The Kier molecular flexibility index (Phi) is 4.27. The molecule has 3 nitrogen and oxygen atoms in total. The van der Waals surface area contributed by atoms with E-state index < -0.39 is 40.8 Å². The fraction of sp³-hybridized carbons (Fsp3) is 0.462. The van der Waals surface area contributed by atoms with E-state index >= 15 is 0 Å². The predicted molar refractivity (Wildman–Crippen MR) is 65.1 cm³/mol. The van der Waals surface area contributed by atoms with Crippen molar-refractivity contribution in [3.63, 3.8) is 0 Å². The molecule has 1 amide bonds. The van der Waals surface area contributed by atoms with E-state index in [1.165, 1.54) is 0 Å². The fourth-order valence-corrected chi connectivity index (χ4v) is 2.28. The van der Waals surface area contributed by atoms with Gasteiger partial charge in [-0.25, -0.2) is 17.6 Å². The summed E-state index contributed by atoms with van der Waals surface area (Å²) in [5.74, 6) is -7.37. The predicted octanol–water partition coefficient (Wildman–Crippen LogP) is 2.57. The number of carbonyl (C=O) groups excluding carboxylic acids is 1. The minimum absolute atomic E-state index is 0.0958. The van der Waals surface area contributed by atoms with Gasteiger partial charge in [0.05, 0.1) is 0 Å². The number of nitrogens with one attached hydrogen (secondary N) is 2. The molecular weight excluding hydrogens is 276 g/mol. The number of rotatable bonds is 2. The third-order valence-electron chi connectivity index (χ3n) is 3.35. The Labute approximate surface area is 113 Å². The molecule has 1 aromatic rings. The van der Waals surface area contributed by atoms with Gasteiger partial charge in [0.15, 0.2) is 23.3 Å². The highest BCUT2D eigenvalue weighted by molar-refractivity contribution is 5.92. The van der Waals surface area contributed by atoms with Crippen LogP contribution in [0.15, 0.2) is 6.07 Å². The SMILES string of the molecule is CC1CC(C(=O)Nc2c(F)c(F)cc(F)c2F)CCN1. The summed E-state index contributed by atoms with van der Waals surface area (Å²) in [5.41, 5.74) is -1.07. The number of benzene rings is 1. The highest BCUT2D eigenvalue weighted by Gasteiger charge is 2.27. The maximum atomic E-state index is 13.4. The lowest BCUT2D eigenvalue weighted by Gasteiger charge is -2.27. The fourth-order valence-electron chi connectivity index (χ4n) is 2.28. The molecule has 0 saturated carbocycles. The van der Waals surface area contributed by atoms with Crippen LogP contribution in [0.3, 0.4) is 0 Å². The molecule has 0 aliphatic carbocycles. The molecular formula is C13H14F4N2O. The summed E-state index contributed by atoms with van der Waals surface area (Å²) in [6.45, 7) is 2.48. The number of anilines is 1. The van der Waals surface area contributed by atoms with Crippen molar-refractivity contribution in [1.82, 2.24) is 5.32 Å². The van der Waals surface area contributed by atoms with Gasteiger partial charge in [-0.1, -0.05) is 0 Å². The second-order valence-corrected chi connectivity index (χ2v) is 4.91. The number of carbonyl (C=O) groups is 1. The first-order chi connectivity index (χ1) is 9.40. The molecule has 0 bridgehead atoms. The number of halogens is 4. The summed E-state index contributed by atoms with van der Waals surface area (Å²) in [6.07, 6.45) is 0.990. The molecule has 1 aromatic carbocycles. The van der Waals surface area contributed by atoms with E-state index in [4.69, 9.17) is 0 Å². The molecule has 2 N–H and O–H groups in total. The van der Waals surface area contributed by atoms with Crippen LogP contribution in [-0.2, 0) is 4.79 Å². The Bertz CT molecular complexity index is 509. The number of piperidine rings is 1. The van der Waals surface area contributed by atoms with Crippen LogP contribution in [0, 0.1) is 29.2 Å². The molecule has 1 fully saturated rings. The van der Waals surface area contributed by atoms with Crippen LogP contribution >= 0.6 is 0 Å². The van der Waals surface area contributed by atoms with Gasteiger partial charge in [-0.05, 0) is 26.3 Å². The molecule has 2 atom stereocenters. The van der Waals surface area contributed by atoms with Crippen LogP contribution in [0.2, 0.25) is 0 Å². The molecule has 110 valence electrons. The monoisotopic (exact) mass is 290 g/mol. The maximum absolute atomic E-state index is 13.4. The summed E-state index contributed by atoms with van der Waals surface area (Å²) in [5, 5.41) is 5.08. The van der Waals surface area contributed by atoms with E-state index in [1.54, 1.807) is 0 Å². The molecule has 1 heterocycles. The normalized spacial score (nSPS) is 22.6. The Morgan fingerprint density at radius 3 is 2.40 bits per heavy atom. The Morgan fingerprint density at radius 2 is 1.85 bits per heavy atom. The van der Waals surface area contributed by atoms with Gasteiger partial charge in [-0.2, -0.15) is 0 Å². The zero-order valence-electron chi connectivity index (χ0n) is 10.8. The second kappa shape index (κ2) is 5.78. The maximum Gasteiger partial charge on any atom is 0.227 e. The lowest BCUT2D eigenvalue weighted by Crippen LogP contribution is -2.40. The molecule has 1 aliphatic heterocycles. The molecule has 20 heavy (non-hydrogen) atoms. The van der Waals surface area contributed by atoms with E-state index in [0.717, 1.165) is 0 Å². The summed E-state index contributed by atoms with van der Waals surface area (Å²) >= 11 is 0. The van der Waals surface area contributed by atoms with Crippen molar-refractivity contribution in [3.8, 4) is 0 Å². The van der Waals surface area contributed by atoms with E-state index in [9.17, 15) is 22.4 Å². The van der Waals surface area contributed by atoms with E-state index in [2.05, 4.69) is 5.32 Å². The van der Waals surface area contributed by atoms with E-state index in [-0.39, 0.29) is 12.1 Å². The van der Waals surface area contributed by atoms with Crippen molar-refractivity contribution < 1.29 is 22.4 Å². The third kappa shape index (κ3) is 2.92. The van der Waals surface area contributed by atoms with Crippen molar-refractivity contribution in [2.45, 2.75) is 25.8 Å². The van der Waals surface area contributed by atoms with Crippen LogP contribution in [0.1, 0.15) is 19.8 Å². The lowest BCUT2D eigenvalue weighted by atomic mass is 9.92. The quantitative estimate of drug-likeness (QED) is 0.649. The molecule has 2 rings (SSSR count). The van der Waals surface area contributed by atoms with Crippen LogP contribution < -0.4 is 10.6 Å². The van der Waals surface area contributed by atoms with Gasteiger partial charge in [0.2, 0.25) is 5.91 Å². The highest BCUT2D eigenvalue weighted by atomic mass is 19.2. The average molecular weight is 290 g/mol. The largest absolute Gasteiger partial charge is 0.321 e. The number of hydrogen-bond acceptors (Lipinski definition) is 2. The standard InChI is InChI=1S/C13H14F4N2O/c1-6-4-7(2-3-18-6)13(20)19-12-10(16)8(14)5-9(15)11(12)17/h5-7,18H,2-4H2,1H3,(H,19,20). The molecule has 1 saturated heterocycles. The summed E-state index contributed by atoms with van der Waals surface area (Å²) < 4.78 is 52.9. The smallest absolute Gasteiger partial charge is 0.227 e. The summed E-state index contributed by atoms with van der Waals surface area (Å²) in [4.78, 5) is 11.9. The van der Waals surface area contributed by atoms with Gasteiger partial charge in [0.1, 0.15) is 5.69 Å². The Hall–Kier alpha value is -1.63. The Morgan fingerprint density at radius 1 is 1.25 bits per heavy atom. The number of amides is 1. The minimum Gasteiger partial charge on any atom is -0.321 e. The summed E-state index contributed by atoms with van der Waals surface area (Å²) in [6, 6.07) is 0.200. The van der Waals surface area contributed by atoms with Crippen LogP contribution in [-0.4, -0.2) is 18.5 Å². The number of hydrogen-bond donors (Lipinski definition) is 2. The van der Waals surface area contributed by atoms with Gasteiger partial charge < -0.3 is 10.6 Å². The first-order valence-electron chi connectivity index (χ1n) is 6.27. The van der Waals surface area contributed by atoms with Gasteiger partial charge in [-0.3, -0.25) is 4.79 Å². The van der Waals surface area contributed by atoms with Crippen LogP contribution in [0.5, 0.6) is 0 Å². The highest BCUT2D eigenvalue weighted by Crippen LogP contribution is 2.26. The minimum atomic E-state index is -1.60. The lowest BCUT2D eigenvalue weighted by molar-refractivity contribution is -0.120. The third-order valence-corrected chi connectivity index (χ3v) is 3.35. The second-order valence-electron chi connectivity index (χ2n) is 4.91. The Balaban J connectivity index is 2.19. The molecule has 7 heteroatoms. The van der Waals surface area contributed by atoms with E-state index in [1.807, 2.05) is 12.2 Å². The molecule has 0 aromatic heterocycles. The van der Waals surface area contributed by atoms with Gasteiger partial charge in [0, 0.05) is 18.0 Å². The van der Waals surface area contributed by atoms with Crippen LogP contribution in [0.4, 0.5) is 23.2 Å². The van der Waals surface area contributed by atoms with Crippen molar-refractivity contribution in [2.75, 3.05) is 11.9 Å². The summed E-state index contributed by atoms with van der Waals surface area (Å²) in [7, 11) is 0. The zero-order valence-corrected chi connectivity index (χ0v) is 10.8. The molecule has 0 spiro atoms. The average Bonchev–Trinajstić information content (AvgIpc) is 2.41. The molecule has 2 unspecified atom stereocenters. The van der Waals surface area contributed by atoms with Crippen molar-refractivity contribution >= 4 is 11.6 Å². The topological polar surface area (TPSA) is 41.1 Å². The first kappa shape index (κ1) is 14.8. The van der Waals surface area contributed by atoms with Crippen molar-refractivity contribution in [1.29, 1.82) is 0 Å². The van der Waals surface area contributed by atoms with Gasteiger partial charge in [0.25, 0.3) is 0 Å². The molecule has 0 radical (unpaired) electrons. The van der Waals surface area contributed by atoms with Gasteiger partial charge in [-0.15, -0.1) is 0 Å². The first-order valence-corrected chi connectivity index (χ1v) is 6.27. The van der Waals surface area contributed by atoms with Crippen LogP contribution in [0.25, 0.3) is 0 Å². The molecule has 1 aliphatic rings. The van der Waals surface area contributed by atoms with Crippen molar-refractivity contribution in [3.05, 3.63) is 29.3 Å².